The highest BCUT2D eigenvalue weighted by atomic mass is 19.2. The van der Waals surface area contributed by atoms with Gasteiger partial charge in [0.15, 0.2) is 11.6 Å². The number of hydrogen-bond donors (Lipinski definition) is 0. The van der Waals surface area contributed by atoms with Crippen LogP contribution in [0.3, 0.4) is 0 Å². The highest BCUT2D eigenvalue weighted by Crippen LogP contribution is 2.39. The van der Waals surface area contributed by atoms with E-state index in [9.17, 15) is 8.78 Å². The largest absolute Gasteiger partial charge is 0.491 e. The predicted octanol–water partition coefficient (Wildman–Crippen LogP) is 7.78. The van der Waals surface area contributed by atoms with Crippen molar-refractivity contribution in [3.8, 4) is 5.75 Å². The molecular formula is C27H34F2O. The van der Waals surface area contributed by atoms with E-state index in [0.717, 1.165) is 44.9 Å². The van der Waals surface area contributed by atoms with Crippen LogP contribution in [0.5, 0.6) is 5.75 Å². The number of hydrogen-bond acceptors (Lipinski definition) is 1. The number of halogens is 2. The molecule has 1 aliphatic rings. The zero-order valence-electron chi connectivity index (χ0n) is 18.3. The monoisotopic (exact) mass is 412 g/mol. The average molecular weight is 413 g/mol. The van der Waals surface area contributed by atoms with Crippen molar-refractivity contribution in [1.29, 1.82) is 0 Å². The highest BCUT2D eigenvalue weighted by molar-refractivity contribution is 5.33. The fourth-order valence-electron chi connectivity index (χ4n) is 4.45. The lowest BCUT2D eigenvalue weighted by Gasteiger charge is -2.27. The van der Waals surface area contributed by atoms with Crippen LogP contribution in [0.2, 0.25) is 0 Å². The van der Waals surface area contributed by atoms with Gasteiger partial charge < -0.3 is 4.74 Å². The summed E-state index contributed by atoms with van der Waals surface area (Å²) >= 11 is 0. The van der Waals surface area contributed by atoms with Gasteiger partial charge in [0.2, 0.25) is 5.82 Å². The molecule has 0 amide bonds. The highest BCUT2D eigenvalue weighted by Gasteiger charge is 2.25. The molecule has 30 heavy (non-hydrogen) atoms. The molecule has 2 aromatic carbocycles. The lowest BCUT2D eigenvalue weighted by Crippen LogP contribution is -2.14. The lowest BCUT2D eigenvalue weighted by atomic mass is 9.78. The molecule has 3 rings (SSSR count). The molecule has 1 nitrogen and oxygen atoms in total. The van der Waals surface area contributed by atoms with Crippen molar-refractivity contribution in [2.75, 3.05) is 6.61 Å². The summed E-state index contributed by atoms with van der Waals surface area (Å²) in [5.74, 6) is -0.926. The average Bonchev–Trinajstić information content (AvgIpc) is 2.77. The second kappa shape index (κ2) is 11.3. The first-order valence-corrected chi connectivity index (χ1v) is 11.5. The summed E-state index contributed by atoms with van der Waals surface area (Å²) in [6.45, 7) is 4.31. The van der Waals surface area contributed by atoms with Gasteiger partial charge in [-0.1, -0.05) is 55.8 Å². The molecule has 0 unspecified atom stereocenters. The molecule has 0 bridgehead atoms. The number of benzene rings is 2. The van der Waals surface area contributed by atoms with E-state index in [4.69, 9.17) is 4.74 Å². The molecule has 0 N–H and O–H groups in total. The van der Waals surface area contributed by atoms with Crippen LogP contribution in [-0.2, 0) is 12.8 Å². The van der Waals surface area contributed by atoms with E-state index in [2.05, 4.69) is 43.3 Å². The van der Waals surface area contributed by atoms with E-state index in [1.165, 1.54) is 17.5 Å². The Morgan fingerprint density at radius 1 is 0.867 bits per heavy atom. The molecular weight excluding hydrogens is 378 g/mol. The maximum absolute atomic E-state index is 14.5. The fraction of sp³-hybridized carbons (Fsp3) is 0.481. The van der Waals surface area contributed by atoms with Crippen LogP contribution >= 0.6 is 0 Å². The topological polar surface area (TPSA) is 9.23 Å². The third-order valence-corrected chi connectivity index (χ3v) is 6.16. The quantitative estimate of drug-likeness (QED) is 0.382. The number of allylic oxidation sites excluding steroid dienone is 2. The Hall–Kier alpha value is -2.16. The predicted molar refractivity (Wildman–Crippen MR) is 120 cm³/mol. The SMILES string of the molecule is CCCc1ccc(CC/C=C/C2CCC(c3ccc(OCC)c(F)c3F)CC2)cc1. The summed E-state index contributed by atoms with van der Waals surface area (Å²) in [5.41, 5.74) is 3.30. The minimum Gasteiger partial charge on any atom is -0.491 e. The number of aryl methyl sites for hydroxylation is 2. The normalized spacial score (nSPS) is 19.3. The number of ether oxygens (including phenoxy) is 1. The van der Waals surface area contributed by atoms with Crippen LogP contribution in [0.25, 0.3) is 0 Å². The minimum absolute atomic E-state index is 0.00960. The van der Waals surface area contributed by atoms with Crippen LogP contribution in [0, 0.1) is 17.6 Å². The van der Waals surface area contributed by atoms with Gasteiger partial charge in [0.1, 0.15) is 0 Å². The standard InChI is InChI=1S/C27H34F2O/c1-3-7-20-10-12-21(13-11-20)8-5-6-9-22-14-16-23(17-15-22)24-18-19-25(30-4-2)27(29)26(24)28/h6,9-13,18-19,22-23H,3-5,7-8,14-17H2,1-2H3/b9-6+. The molecule has 1 aliphatic carbocycles. The van der Waals surface area contributed by atoms with Gasteiger partial charge in [0, 0.05) is 0 Å². The molecule has 0 saturated heterocycles. The Balaban J connectivity index is 1.46. The molecule has 2 aromatic rings. The van der Waals surface area contributed by atoms with Gasteiger partial charge >= 0.3 is 0 Å². The van der Waals surface area contributed by atoms with Crippen LogP contribution in [-0.4, -0.2) is 6.61 Å². The third-order valence-electron chi connectivity index (χ3n) is 6.16. The van der Waals surface area contributed by atoms with Gasteiger partial charge in [0.05, 0.1) is 6.61 Å². The maximum atomic E-state index is 14.5. The van der Waals surface area contributed by atoms with Crippen molar-refractivity contribution in [1.82, 2.24) is 0 Å². The molecule has 0 spiro atoms. The van der Waals surface area contributed by atoms with E-state index in [-0.39, 0.29) is 11.7 Å². The van der Waals surface area contributed by atoms with Crippen molar-refractivity contribution in [3.63, 3.8) is 0 Å². The molecule has 1 fully saturated rings. The van der Waals surface area contributed by atoms with Crippen molar-refractivity contribution in [2.24, 2.45) is 5.92 Å². The van der Waals surface area contributed by atoms with Crippen molar-refractivity contribution >= 4 is 0 Å². The van der Waals surface area contributed by atoms with E-state index in [0.29, 0.717) is 18.1 Å². The molecule has 1 saturated carbocycles. The summed E-state index contributed by atoms with van der Waals surface area (Å²) in [6, 6.07) is 12.2. The van der Waals surface area contributed by atoms with Crippen molar-refractivity contribution in [3.05, 3.63) is 76.9 Å². The van der Waals surface area contributed by atoms with Crippen molar-refractivity contribution in [2.45, 2.75) is 71.1 Å². The summed E-state index contributed by atoms with van der Waals surface area (Å²) in [4.78, 5) is 0. The zero-order chi connectivity index (χ0) is 21.3. The minimum atomic E-state index is -0.848. The molecule has 0 atom stereocenters. The Kier molecular flexibility index (Phi) is 8.48. The van der Waals surface area contributed by atoms with Gasteiger partial charge in [0.25, 0.3) is 0 Å². The third kappa shape index (κ3) is 5.93. The van der Waals surface area contributed by atoms with Gasteiger partial charge in [-0.25, -0.2) is 4.39 Å². The van der Waals surface area contributed by atoms with Gasteiger partial charge in [-0.2, -0.15) is 4.39 Å². The van der Waals surface area contributed by atoms with Gasteiger partial charge in [-0.3, -0.25) is 0 Å². The van der Waals surface area contributed by atoms with Crippen molar-refractivity contribution < 1.29 is 13.5 Å². The van der Waals surface area contributed by atoms with E-state index < -0.39 is 11.6 Å². The first-order valence-electron chi connectivity index (χ1n) is 11.5. The maximum Gasteiger partial charge on any atom is 0.200 e. The van der Waals surface area contributed by atoms with Crippen LogP contribution < -0.4 is 4.74 Å². The summed E-state index contributed by atoms with van der Waals surface area (Å²) in [7, 11) is 0. The smallest absolute Gasteiger partial charge is 0.200 e. The molecule has 0 heterocycles. The molecule has 162 valence electrons. The lowest BCUT2D eigenvalue weighted by molar-refractivity contribution is 0.310. The second-order valence-corrected chi connectivity index (χ2v) is 8.36. The van der Waals surface area contributed by atoms with Crippen LogP contribution in [0.15, 0.2) is 48.6 Å². The van der Waals surface area contributed by atoms with E-state index in [1.807, 2.05) is 0 Å². The Bertz CT molecular complexity index is 818. The van der Waals surface area contributed by atoms with Gasteiger partial charge in [-0.05, 0) is 86.5 Å². The molecule has 3 heteroatoms. The van der Waals surface area contributed by atoms with E-state index in [1.54, 1.807) is 19.1 Å². The van der Waals surface area contributed by atoms with Crippen LogP contribution in [0.1, 0.15) is 75.0 Å². The van der Waals surface area contributed by atoms with Gasteiger partial charge in [-0.15, -0.1) is 0 Å². The first-order chi connectivity index (χ1) is 14.6. The fourth-order valence-corrected chi connectivity index (χ4v) is 4.45. The van der Waals surface area contributed by atoms with Crippen LogP contribution in [0.4, 0.5) is 8.78 Å². The number of rotatable bonds is 9. The zero-order valence-corrected chi connectivity index (χ0v) is 18.3. The van der Waals surface area contributed by atoms with E-state index >= 15 is 0 Å². The summed E-state index contributed by atoms with van der Waals surface area (Å²) in [5, 5.41) is 0. The Morgan fingerprint density at radius 2 is 1.53 bits per heavy atom. The molecule has 0 aliphatic heterocycles. The second-order valence-electron chi connectivity index (χ2n) is 8.36. The summed E-state index contributed by atoms with van der Waals surface area (Å²) < 4.78 is 33.8. The first kappa shape index (κ1) is 22.5. The molecule has 0 radical (unpaired) electrons. The summed E-state index contributed by atoms with van der Waals surface area (Å²) in [6.07, 6.45) is 12.9. The Morgan fingerprint density at radius 3 is 2.17 bits per heavy atom. The molecule has 0 aromatic heterocycles. The Labute approximate surface area is 180 Å².